The fourth-order valence-corrected chi connectivity index (χ4v) is 5.17. The van der Waals surface area contributed by atoms with Crippen LogP contribution in [0, 0.1) is 6.92 Å². The standard InChI is InChI=1S/C26H32N4O4.C2HF3O2/c1-18-6-5-7-19(16-18)23(31)28-22-9-8-20(17-21(22)24(32)33)29-14-10-26(11-15-29,25(27)34)30-12-3-2-4-13-30;3-2(4,5)1(6)7/h5-9,16-17H,2-4,10-15H2,1H3,(H2,27,34)(H,28,31)(H,32,33);(H,6,7). The Hall–Kier alpha value is -4.13. The van der Waals surface area contributed by atoms with E-state index in [0.717, 1.165) is 37.2 Å². The highest BCUT2D eigenvalue weighted by Gasteiger charge is 2.45. The van der Waals surface area contributed by atoms with Gasteiger partial charge in [-0.1, -0.05) is 24.1 Å². The third-order valence-electron chi connectivity index (χ3n) is 7.38. The minimum absolute atomic E-state index is 0.0290. The number of aromatic carboxylic acids is 1. The molecular weight excluding hydrogens is 545 g/mol. The van der Waals surface area contributed by atoms with Gasteiger partial charge >= 0.3 is 18.1 Å². The molecule has 0 spiro atoms. The number of carbonyl (C=O) groups is 4. The van der Waals surface area contributed by atoms with Crippen LogP contribution in [0.1, 0.15) is 58.4 Å². The van der Waals surface area contributed by atoms with E-state index in [0.29, 0.717) is 31.5 Å². The number of halogens is 3. The van der Waals surface area contributed by atoms with Gasteiger partial charge in [-0.25, -0.2) is 9.59 Å². The normalized spacial score (nSPS) is 17.1. The van der Waals surface area contributed by atoms with Gasteiger partial charge in [-0.15, -0.1) is 0 Å². The first-order chi connectivity index (χ1) is 19.2. The number of anilines is 2. The second-order valence-corrected chi connectivity index (χ2v) is 10.1. The maximum atomic E-state index is 12.7. The maximum Gasteiger partial charge on any atom is 0.490 e. The van der Waals surface area contributed by atoms with Crippen LogP contribution in [0.4, 0.5) is 24.5 Å². The van der Waals surface area contributed by atoms with Crippen molar-refractivity contribution in [3.63, 3.8) is 0 Å². The van der Waals surface area contributed by atoms with E-state index in [1.54, 1.807) is 30.3 Å². The number of carboxylic acid groups (broad SMARTS) is 2. The first-order valence-corrected chi connectivity index (χ1v) is 13.1. The van der Waals surface area contributed by atoms with Gasteiger partial charge in [-0.05, 0) is 76.0 Å². The first-order valence-electron chi connectivity index (χ1n) is 13.1. The molecule has 2 fully saturated rings. The van der Waals surface area contributed by atoms with E-state index < -0.39 is 23.7 Å². The molecule has 0 saturated carbocycles. The second-order valence-electron chi connectivity index (χ2n) is 10.1. The molecule has 41 heavy (non-hydrogen) atoms. The van der Waals surface area contributed by atoms with Gasteiger partial charge in [-0.3, -0.25) is 14.5 Å². The number of alkyl halides is 3. The zero-order chi connectivity index (χ0) is 30.4. The summed E-state index contributed by atoms with van der Waals surface area (Å²) in [7, 11) is 0. The van der Waals surface area contributed by atoms with Crippen molar-refractivity contribution in [3.8, 4) is 0 Å². The fourth-order valence-electron chi connectivity index (χ4n) is 5.17. The predicted molar refractivity (Wildman–Crippen MR) is 145 cm³/mol. The molecule has 0 aliphatic carbocycles. The number of aryl methyl sites for hydroxylation is 1. The van der Waals surface area contributed by atoms with Gasteiger partial charge in [0.15, 0.2) is 0 Å². The zero-order valence-corrected chi connectivity index (χ0v) is 22.5. The average Bonchev–Trinajstić information content (AvgIpc) is 2.93. The Labute approximate surface area is 234 Å². The minimum Gasteiger partial charge on any atom is -0.478 e. The summed E-state index contributed by atoms with van der Waals surface area (Å²) in [6.07, 6.45) is -0.526. The topological polar surface area (TPSA) is 153 Å². The van der Waals surface area contributed by atoms with Gasteiger partial charge in [0, 0.05) is 24.3 Å². The van der Waals surface area contributed by atoms with Gasteiger partial charge in [-0.2, -0.15) is 13.2 Å². The smallest absolute Gasteiger partial charge is 0.478 e. The monoisotopic (exact) mass is 578 g/mol. The summed E-state index contributed by atoms with van der Waals surface area (Å²) in [5.41, 5.74) is 7.70. The number of carboxylic acids is 2. The van der Waals surface area contributed by atoms with Crippen molar-refractivity contribution in [1.29, 1.82) is 0 Å². The average molecular weight is 579 g/mol. The number of rotatable bonds is 6. The molecule has 222 valence electrons. The van der Waals surface area contributed by atoms with Crippen LogP contribution in [0.5, 0.6) is 0 Å². The van der Waals surface area contributed by atoms with Gasteiger partial charge in [0.05, 0.1) is 11.3 Å². The Morgan fingerprint density at radius 2 is 1.54 bits per heavy atom. The SMILES string of the molecule is Cc1cccc(C(=O)Nc2ccc(N3CCC(C(N)=O)(N4CCCCC4)CC3)cc2C(=O)O)c1.O=C(O)C(F)(F)F. The summed E-state index contributed by atoms with van der Waals surface area (Å²) in [5, 5.41) is 19.7. The summed E-state index contributed by atoms with van der Waals surface area (Å²) >= 11 is 0. The molecule has 0 aromatic heterocycles. The number of aliphatic carboxylic acids is 1. The second kappa shape index (κ2) is 13.0. The molecule has 2 amide bonds. The van der Waals surface area contributed by atoms with Crippen molar-refractivity contribution in [1.82, 2.24) is 4.90 Å². The van der Waals surface area contributed by atoms with Crippen LogP contribution in [0.15, 0.2) is 42.5 Å². The van der Waals surface area contributed by atoms with Crippen molar-refractivity contribution >= 4 is 35.1 Å². The predicted octanol–water partition coefficient (Wildman–Crippen LogP) is 3.89. The van der Waals surface area contributed by atoms with Crippen molar-refractivity contribution < 1.29 is 42.6 Å². The molecule has 2 saturated heterocycles. The lowest BCUT2D eigenvalue weighted by Crippen LogP contribution is -2.63. The molecule has 0 atom stereocenters. The third-order valence-corrected chi connectivity index (χ3v) is 7.38. The van der Waals surface area contributed by atoms with Gasteiger partial charge in [0.1, 0.15) is 5.54 Å². The Balaban J connectivity index is 0.000000587. The summed E-state index contributed by atoms with van der Waals surface area (Å²) < 4.78 is 31.7. The number of hydrogen-bond donors (Lipinski definition) is 4. The van der Waals surface area contributed by atoms with Crippen molar-refractivity contribution in [2.75, 3.05) is 36.4 Å². The zero-order valence-electron chi connectivity index (χ0n) is 22.5. The number of nitrogens with zero attached hydrogens (tertiary/aromatic N) is 2. The molecule has 2 heterocycles. The highest BCUT2D eigenvalue weighted by Crippen LogP contribution is 2.34. The number of piperidine rings is 2. The van der Waals surface area contributed by atoms with Crippen LogP contribution in [-0.2, 0) is 9.59 Å². The van der Waals surface area contributed by atoms with E-state index in [2.05, 4.69) is 15.1 Å². The lowest BCUT2D eigenvalue weighted by molar-refractivity contribution is -0.192. The van der Waals surface area contributed by atoms with Gasteiger partial charge in [0.25, 0.3) is 5.91 Å². The number of hydrogen-bond acceptors (Lipinski definition) is 6. The number of nitrogens with two attached hydrogens (primary N) is 1. The van der Waals surface area contributed by atoms with E-state index >= 15 is 0 Å². The van der Waals surface area contributed by atoms with Crippen LogP contribution in [0.3, 0.4) is 0 Å². The molecule has 0 radical (unpaired) electrons. The van der Waals surface area contributed by atoms with E-state index in [1.165, 1.54) is 6.42 Å². The van der Waals surface area contributed by atoms with Crippen molar-refractivity contribution in [3.05, 3.63) is 59.2 Å². The van der Waals surface area contributed by atoms with Crippen molar-refractivity contribution in [2.45, 2.75) is 50.7 Å². The van der Waals surface area contributed by atoms with Gasteiger partial charge < -0.3 is 26.2 Å². The van der Waals surface area contributed by atoms with E-state index in [9.17, 15) is 32.7 Å². The third kappa shape index (κ3) is 7.75. The minimum atomic E-state index is -5.08. The number of primary amides is 1. The number of benzene rings is 2. The molecular formula is C28H33F3N4O6. The number of likely N-dealkylation sites (tertiary alicyclic amines) is 1. The number of carbonyl (C=O) groups excluding carboxylic acids is 2. The van der Waals surface area contributed by atoms with Gasteiger partial charge in [0.2, 0.25) is 5.91 Å². The summed E-state index contributed by atoms with van der Waals surface area (Å²) in [6, 6.07) is 12.2. The number of amides is 2. The summed E-state index contributed by atoms with van der Waals surface area (Å²) in [5.74, 6) is -4.50. The first kappa shape index (κ1) is 31.4. The molecule has 0 bridgehead atoms. The highest BCUT2D eigenvalue weighted by atomic mass is 19.4. The van der Waals surface area contributed by atoms with Crippen LogP contribution in [0.25, 0.3) is 0 Å². The summed E-state index contributed by atoms with van der Waals surface area (Å²) in [6.45, 7) is 4.88. The van der Waals surface area contributed by atoms with E-state index in [-0.39, 0.29) is 23.1 Å². The molecule has 13 heteroatoms. The molecule has 10 nitrogen and oxygen atoms in total. The molecule has 2 aliphatic rings. The van der Waals surface area contributed by atoms with Crippen LogP contribution >= 0.6 is 0 Å². The Kier molecular flexibility index (Phi) is 9.97. The van der Waals surface area contributed by atoms with Crippen molar-refractivity contribution in [2.24, 2.45) is 5.73 Å². The largest absolute Gasteiger partial charge is 0.490 e. The Morgan fingerprint density at radius 3 is 2.05 bits per heavy atom. The molecule has 2 aromatic carbocycles. The maximum absolute atomic E-state index is 12.7. The lowest BCUT2D eigenvalue weighted by Gasteiger charge is -2.48. The fraction of sp³-hybridized carbons (Fsp3) is 0.429. The molecule has 0 unspecified atom stereocenters. The highest BCUT2D eigenvalue weighted by molar-refractivity contribution is 6.08. The van der Waals surface area contributed by atoms with Crippen LogP contribution in [-0.4, -0.2) is 76.8 Å². The Bertz CT molecular complexity index is 1290. The van der Waals surface area contributed by atoms with E-state index in [4.69, 9.17) is 15.6 Å². The number of nitrogens with one attached hydrogen (secondary N) is 1. The molecule has 2 aromatic rings. The molecule has 4 rings (SSSR count). The van der Waals surface area contributed by atoms with Crippen LogP contribution < -0.4 is 16.0 Å². The Morgan fingerprint density at radius 1 is 0.927 bits per heavy atom. The molecule has 2 aliphatic heterocycles. The van der Waals surface area contributed by atoms with Crippen LogP contribution in [0.2, 0.25) is 0 Å². The van der Waals surface area contributed by atoms with E-state index in [1.807, 2.05) is 19.1 Å². The summed E-state index contributed by atoms with van der Waals surface area (Å²) in [4.78, 5) is 50.4. The quantitative estimate of drug-likeness (QED) is 0.403. The lowest BCUT2D eigenvalue weighted by atomic mass is 9.83. The molecule has 5 N–H and O–H groups in total.